The Balaban J connectivity index is 1.37. The third kappa shape index (κ3) is 4.55. The summed E-state index contributed by atoms with van der Waals surface area (Å²) >= 11 is 11.4. The van der Waals surface area contributed by atoms with Gasteiger partial charge in [-0.1, -0.05) is 29.8 Å². The average Bonchev–Trinajstić information content (AvgIpc) is 3.16. The second-order valence-electron chi connectivity index (χ2n) is 8.90. The van der Waals surface area contributed by atoms with Crippen molar-refractivity contribution in [1.82, 2.24) is 25.0 Å². The normalized spacial score (nSPS) is 19.6. The number of carbonyl (C=O) groups excluding carboxylic acids is 1. The minimum absolute atomic E-state index is 0.0720. The highest BCUT2D eigenvalue weighted by Crippen LogP contribution is 2.44. The Morgan fingerprint density at radius 2 is 1.97 bits per heavy atom. The second-order valence-corrected chi connectivity index (χ2v) is 9.72. The molecule has 172 valence electrons. The number of amides is 1. The number of hydrogen-bond donors (Lipinski definition) is 2. The number of piperidine rings is 1. The molecule has 2 aliphatic rings. The van der Waals surface area contributed by atoms with Gasteiger partial charge in [-0.3, -0.25) is 14.5 Å². The predicted octanol–water partition coefficient (Wildman–Crippen LogP) is 4.37. The lowest BCUT2D eigenvalue weighted by molar-refractivity contribution is -0.123. The number of hydrogen-bond acceptors (Lipinski definition) is 5. The van der Waals surface area contributed by atoms with Crippen LogP contribution in [0.2, 0.25) is 5.02 Å². The molecule has 9 heteroatoms. The Bertz CT molecular complexity index is 1210. The summed E-state index contributed by atoms with van der Waals surface area (Å²) in [5.74, 6) is 1.35. The largest absolute Gasteiger partial charge is 0.487 e. The number of nitrogens with zero attached hydrogens (tertiary/aromatic N) is 3. The van der Waals surface area contributed by atoms with Gasteiger partial charge in [0.05, 0.1) is 6.04 Å². The van der Waals surface area contributed by atoms with Crippen molar-refractivity contribution in [3.8, 4) is 17.1 Å². The molecular weight excluding hydrogens is 458 g/mol. The van der Waals surface area contributed by atoms with Crippen molar-refractivity contribution in [2.45, 2.75) is 37.5 Å². The molecule has 0 bridgehead atoms. The maximum absolute atomic E-state index is 13.2. The van der Waals surface area contributed by atoms with Crippen LogP contribution in [0.25, 0.3) is 11.4 Å². The fourth-order valence-electron chi connectivity index (χ4n) is 4.75. The van der Waals surface area contributed by atoms with E-state index in [1.54, 1.807) is 16.7 Å². The van der Waals surface area contributed by atoms with Crippen LogP contribution in [0.4, 0.5) is 0 Å². The van der Waals surface area contributed by atoms with Crippen LogP contribution in [-0.4, -0.2) is 51.3 Å². The van der Waals surface area contributed by atoms with Gasteiger partial charge in [0, 0.05) is 35.7 Å². The summed E-state index contributed by atoms with van der Waals surface area (Å²) in [4.78, 5) is 15.5. The highest BCUT2D eigenvalue weighted by atomic mass is 35.5. The second kappa shape index (κ2) is 8.93. The van der Waals surface area contributed by atoms with Gasteiger partial charge in [0.1, 0.15) is 17.9 Å². The summed E-state index contributed by atoms with van der Waals surface area (Å²) in [7, 11) is 2.13. The van der Waals surface area contributed by atoms with Crippen molar-refractivity contribution < 1.29 is 9.53 Å². The lowest BCUT2D eigenvalue weighted by Crippen LogP contribution is -2.51. The molecule has 1 saturated heterocycles. The predicted molar refractivity (Wildman–Crippen MR) is 130 cm³/mol. The van der Waals surface area contributed by atoms with Crippen LogP contribution in [0, 0.1) is 4.77 Å². The molecule has 2 aromatic carbocycles. The number of ether oxygens (including phenoxy) is 1. The van der Waals surface area contributed by atoms with E-state index < -0.39 is 0 Å². The van der Waals surface area contributed by atoms with Crippen molar-refractivity contribution in [1.29, 1.82) is 0 Å². The number of fused-ring (bicyclic) bond motifs is 1. The van der Waals surface area contributed by atoms with E-state index in [4.69, 9.17) is 28.6 Å². The van der Waals surface area contributed by atoms with Crippen LogP contribution in [0.15, 0.2) is 48.5 Å². The van der Waals surface area contributed by atoms with Gasteiger partial charge in [0.25, 0.3) is 0 Å². The van der Waals surface area contributed by atoms with Gasteiger partial charge in [-0.2, -0.15) is 5.10 Å². The first kappa shape index (κ1) is 22.1. The number of likely N-dealkylation sites (tertiary alicyclic amines) is 1. The highest BCUT2D eigenvalue weighted by Gasteiger charge is 2.43. The standard InChI is InChI=1S/C24H26ClN5O2S/c1-29-12-10-24(11-13-29)14-19(18-4-2-3-5-20(18)32-24)26-21(31)15-30-22(27-28-23(30)33)16-6-8-17(25)9-7-16/h2-9,19H,10-15H2,1H3,(H,26,31)(H,28,33). The van der Waals surface area contributed by atoms with E-state index in [9.17, 15) is 4.79 Å². The topological polar surface area (TPSA) is 75.2 Å². The van der Waals surface area contributed by atoms with E-state index in [1.165, 1.54) is 0 Å². The summed E-state index contributed by atoms with van der Waals surface area (Å²) in [6.07, 6.45) is 2.64. The fourth-order valence-corrected chi connectivity index (χ4v) is 5.07. The van der Waals surface area contributed by atoms with E-state index in [0.717, 1.165) is 49.2 Å². The third-order valence-electron chi connectivity index (χ3n) is 6.59. The molecule has 2 aliphatic heterocycles. The van der Waals surface area contributed by atoms with Crippen molar-refractivity contribution in [3.05, 3.63) is 63.9 Å². The quantitative estimate of drug-likeness (QED) is 0.539. The lowest BCUT2D eigenvalue weighted by atomic mass is 9.80. The number of carbonyl (C=O) groups is 1. The smallest absolute Gasteiger partial charge is 0.240 e. The van der Waals surface area contributed by atoms with Gasteiger partial charge in [-0.15, -0.1) is 0 Å². The van der Waals surface area contributed by atoms with Crippen LogP contribution in [0.3, 0.4) is 0 Å². The Labute approximate surface area is 202 Å². The van der Waals surface area contributed by atoms with Crippen LogP contribution < -0.4 is 10.1 Å². The minimum atomic E-state index is -0.251. The van der Waals surface area contributed by atoms with Crippen LogP contribution in [-0.2, 0) is 11.3 Å². The number of nitrogens with one attached hydrogen (secondary N) is 2. The molecule has 0 radical (unpaired) electrons. The van der Waals surface area contributed by atoms with Crippen molar-refractivity contribution in [2.24, 2.45) is 0 Å². The molecule has 0 aliphatic carbocycles. The summed E-state index contributed by atoms with van der Waals surface area (Å²) in [6, 6.07) is 15.2. The van der Waals surface area contributed by atoms with Gasteiger partial charge < -0.3 is 15.0 Å². The highest BCUT2D eigenvalue weighted by molar-refractivity contribution is 7.71. The van der Waals surface area contributed by atoms with Crippen LogP contribution in [0.5, 0.6) is 5.75 Å². The van der Waals surface area contributed by atoms with Crippen molar-refractivity contribution in [3.63, 3.8) is 0 Å². The number of para-hydroxylation sites is 1. The minimum Gasteiger partial charge on any atom is -0.487 e. The zero-order chi connectivity index (χ0) is 23.0. The molecular formula is C24H26ClN5O2S. The SMILES string of the molecule is CN1CCC2(CC1)CC(NC(=O)Cn1c(-c3ccc(Cl)cc3)n[nH]c1=S)c1ccccc1O2. The maximum Gasteiger partial charge on any atom is 0.240 e. The summed E-state index contributed by atoms with van der Waals surface area (Å²) < 4.78 is 8.62. The Hall–Kier alpha value is -2.68. The monoisotopic (exact) mass is 483 g/mol. The Kier molecular flexibility index (Phi) is 5.99. The molecule has 1 fully saturated rings. The molecule has 1 unspecified atom stereocenters. The van der Waals surface area contributed by atoms with Gasteiger partial charge in [-0.25, -0.2) is 0 Å². The molecule has 33 heavy (non-hydrogen) atoms. The van der Waals surface area contributed by atoms with E-state index in [2.05, 4.69) is 27.5 Å². The van der Waals surface area contributed by atoms with E-state index in [-0.39, 0.29) is 24.1 Å². The molecule has 1 amide bonds. The van der Waals surface area contributed by atoms with Gasteiger partial charge in [0.2, 0.25) is 5.91 Å². The lowest BCUT2D eigenvalue weighted by Gasteiger charge is -2.46. The summed E-state index contributed by atoms with van der Waals surface area (Å²) in [6.45, 7) is 2.04. The summed E-state index contributed by atoms with van der Waals surface area (Å²) in [5, 5.41) is 11.0. The first-order chi connectivity index (χ1) is 15.9. The Morgan fingerprint density at radius 1 is 1.24 bits per heavy atom. The number of benzene rings is 2. The third-order valence-corrected chi connectivity index (χ3v) is 7.16. The maximum atomic E-state index is 13.2. The number of halogens is 1. The average molecular weight is 484 g/mol. The number of rotatable bonds is 4. The molecule has 0 saturated carbocycles. The molecule has 7 nitrogen and oxygen atoms in total. The molecule has 3 heterocycles. The van der Waals surface area contributed by atoms with E-state index >= 15 is 0 Å². The fraction of sp³-hybridized carbons (Fsp3) is 0.375. The van der Waals surface area contributed by atoms with Gasteiger partial charge >= 0.3 is 0 Å². The van der Waals surface area contributed by atoms with Crippen LogP contribution in [0.1, 0.15) is 30.9 Å². The summed E-state index contributed by atoms with van der Waals surface area (Å²) in [5.41, 5.74) is 1.60. The number of H-pyrrole nitrogens is 1. The first-order valence-corrected chi connectivity index (χ1v) is 11.9. The number of aromatic amines is 1. The molecule has 2 N–H and O–H groups in total. The number of aromatic nitrogens is 3. The van der Waals surface area contributed by atoms with Crippen molar-refractivity contribution >= 4 is 29.7 Å². The molecule has 5 rings (SSSR count). The first-order valence-electron chi connectivity index (χ1n) is 11.1. The van der Waals surface area contributed by atoms with Gasteiger partial charge in [-0.05, 0) is 62.4 Å². The molecule has 1 aromatic heterocycles. The molecule has 3 aromatic rings. The van der Waals surface area contributed by atoms with Crippen LogP contribution >= 0.6 is 23.8 Å². The van der Waals surface area contributed by atoms with E-state index in [0.29, 0.717) is 15.6 Å². The van der Waals surface area contributed by atoms with Gasteiger partial charge in [0.15, 0.2) is 10.6 Å². The van der Waals surface area contributed by atoms with E-state index in [1.807, 2.05) is 36.4 Å². The van der Waals surface area contributed by atoms with Crippen molar-refractivity contribution in [2.75, 3.05) is 20.1 Å². The molecule has 1 spiro atoms. The Morgan fingerprint density at radius 3 is 2.73 bits per heavy atom. The zero-order valence-electron chi connectivity index (χ0n) is 18.4. The zero-order valence-corrected chi connectivity index (χ0v) is 20.0. The molecule has 1 atom stereocenters.